The zero-order chi connectivity index (χ0) is 14.8. The number of piperidine rings is 1. The predicted molar refractivity (Wildman–Crippen MR) is 81.9 cm³/mol. The molecule has 1 aliphatic rings. The molecular weight excluding hydrogens is 266 g/mol. The van der Waals surface area contributed by atoms with Gasteiger partial charge in [0, 0.05) is 24.8 Å². The van der Waals surface area contributed by atoms with Crippen molar-refractivity contribution in [2.75, 3.05) is 11.9 Å². The van der Waals surface area contributed by atoms with Gasteiger partial charge in [-0.1, -0.05) is 6.58 Å². The zero-order valence-corrected chi connectivity index (χ0v) is 12.0. The van der Waals surface area contributed by atoms with Crippen molar-refractivity contribution < 1.29 is 4.79 Å². The zero-order valence-electron chi connectivity index (χ0n) is 12.0. The fraction of sp³-hybridized carbons (Fsp3) is 0.400. The Morgan fingerprint density at radius 1 is 1.52 bits per heavy atom. The van der Waals surface area contributed by atoms with Gasteiger partial charge in [0.25, 0.3) is 0 Å². The number of nitrogens with zero attached hydrogens (tertiary/aromatic N) is 3. The first-order valence-corrected chi connectivity index (χ1v) is 7.16. The van der Waals surface area contributed by atoms with Crippen molar-refractivity contribution >= 4 is 22.8 Å². The summed E-state index contributed by atoms with van der Waals surface area (Å²) < 4.78 is 0. The Labute approximate surface area is 123 Å². The molecular formula is C15H19N5O. The maximum atomic E-state index is 11.9. The maximum absolute atomic E-state index is 11.9. The average Bonchev–Trinajstić information content (AvgIpc) is 2.98. The molecule has 0 spiro atoms. The summed E-state index contributed by atoms with van der Waals surface area (Å²) in [6.07, 6.45) is 6.75. The van der Waals surface area contributed by atoms with Crippen molar-refractivity contribution in [1.29, 1.82) is 0 Å². The van der Waals surface area contributed by atoms with E-state index in [0.717, 1.165) is 29.7 Å². The van der Waals surface area contributed by atoms with E-state index in [1.54, 1.807) is 6.33 Å². The van der Waals surface area contributed by atoms with Gasteiger partial charge in [-0.25, -0.2) is 9.97 Å². The highest BCUT2D eigenvalue weighted by atomic mass is 16.2. The molecule has 0 unspecified atom stereocenters. The van der Waals surface area contributed by atoms with Crippen LogP contribution in [0.1, 0.15) is 19.8 Å². The molecule has 3 heterocycles. The predicted octanol–water partition coefficient (Wildman–Crippen LogP) is 1.94. The van der Waals surface area contributed by atoms with Crippen LogP contribution in [0.25, 0.3) is 11.0 Å². The topological polar surface area (TPSA) is 73.9 Å². The minimum absolute atomic E-state index is 0.0107. The second-order valence-electron chi connectivity index (χ2n) is 5.42. The average molecular weight is 285 g/mol. The lowest BCUT2D eigenvalue weighted by molar-refractivity contribution is -0.129. The van der Waals surface area contributed by atoms with Gasteiger partial charge in [0.15, 0.2) is 0 Å². The van der Waals surface area contributed by atoms with E-state index in [2.05, 4.69) is 33.8 Å². The van der Waals surface area contributed by atoms with Crippen molar-refractivity contribution in [2.24, 2.45) is 0 Å². The first-order valence-electron chi connectivity index (χ1n) is 7.16. The Balaban J connectivity index is 1.77. The number of aromatic amines is 1. The summed E-state index contributed by atoms with van der Waals surface area (Å²) in [5.41, 5.74) is 0.815. The van der Waals surface area contributed by atoms with E-state index >= 15 is 0 Å². The lowest BCUT2D eigenvalue weighted by atomic mass is 9.99. The van der Waals surface area contributed by atoms with Gasteiger partial charge < -0.3 is 15.2 Å². The van der Waals surface area contributed by atoms with Gasteiger partial charge in [0.2, 0.25) is 5.91 Å². The van der Waals surface area contributed by atoms with E-state index in [9.17, 15) is 4.79 Å². The Morgan fingerprint density at radius 3 is 3.19 bits per heavy atom. The summed E-state index contributed by atoms with van der Waals surface area (Å²) in [6.45, 7) is 6.32. The van der Waals surface area contributed by atoms with Crippen LogP contribution < -0.4 is 5.32 Å². The van der Waals surface area contributed by atoms with Crippen LogP contribution in [-0.2, 0) is 4.79 Å². The number of fused-ring (bicyclic) bond motifs is 1. The second-order valence-corrected chi connectivity index (χ2v) is 5.42. The summed E-state index contributed by atoms with van der Waals surface area (Å²) >= 11 is 0. The van der Waals surface area contributed by atoms with Gasteiger partial charge in [0.05, 0.1) is 5.39 Å². The van der Waals surface area contributed by atoms with Gasteiger partial charge in [-0.15, -0.1) is 0 Å². The first kappa shape index (κ1) is 13.6. The molecule has 0 radical (unpaired) electrons. The van der Waals surface area contributed by atoms with Crippen molar-refractivity contribution in [3.8, 4) is 0 Å². The molecule has 1 saturated heterocycles. The number of amides is 1. The summed E-state index contributed by atoms with van der Waals surface area (Å²) in [5.74, 6) is 0.801. The summed E-state index contributed by atoms with van der Waals surface area (Å²) in [7, 11) is 0. The normalized spacial score (nSPS) is 22.2. The molecule has 3 rings (SSSR count). The van der Waals surface area contributed by atoms with Crippen LogP contribution in [0.3, 0.4) is 0 Å². The Morgan fingerprint density at radius 2 is 2.38 bits per heavy atom. The minimum Gasteiger partial charge on any atom is -0.365 e. The highest BCUT2D eigenvalue weighted by Gasteiger charge is 2.28. The Bertz CT molecular complexity index is 665. The van der Waals surface area contributed by atoms with Gasteiger partial charge in [0.1, 0.15) is 17.8 Å². The molecule has 1 fully saturated rings. The third kappa shape index (κ3) is 2.61. The minimum atomic E-state index is -0.0107. The highest BCUT2D eigenvalue weighted by Crippen LogP contribution is 2.23. The third-order valence-electron chi connectivity index (χ3n) is 4.03. The molecule has 0 saturated carbocycles. The van der Waals surface area contributed by atoms with Crippen LogP contribution in [0.15, 0.2) is 31.2 Å². The van der Waals surface area contributed by atoms with Gasteiger partial charge in [-0.05, 0) is 31.9 Å². The summed E-state index contributed by atoms with van der Waals surface area (Å²) in [4.78, 5) is 25.3. The van der Waals surface area contributed by atoms with Crippen LogP contribution in [0.2, 0.25) is 0 Å². The van der Waals surface area contributed by atoms with Crippen LogP contribution in [0, 0.1) is 0 Å². The van der Waals surface area contributed by atoms with Crippen LogP contribution in [0.5, 0.6) is 0 Å². The molecule has 2 atom stereocenters. The molecule has 1 aliphatic heterocycles. The SMILES string of the molecule is C=CC(=O)N1C[C@@H](Nc2ncnc3[nH]ccc23)CC[C@@H]1C. The summed E-state index contributed by atoms with van der Waals surface area (Å²) in [5, 5.41) is 4.41. The van der Waals surface area contributed by atoms with Gasteiger partial charge >= 0.3 is 0 Å². The number of nitrogens with one attached hydrogen (secondary N) is 2. The number of carbonyl (C=O) groups is 1. The molecule has 6 nitrogen and oxygen atoms in total. The number of rotatable bonds is 3. The molecule has 2 N–H and O–H groups in total. The number of H-pyrrole nitrogens is 1. The van der Waals surface area contributed by atoms with Crippen LogP contribution in [-0.4, -0.2) is 44.4 Å². The van der Waals surface area contributed by atoms with E-state index in [1.807, 2.05) is 17.2 Å². The lowest BCUT2D eigenvalue weighted by Gasteiger charge is -2.38. The standard InChI is InChI=1S/C15H19N5O/c1-3-13(21)20-8-11(5-4-10(20)2)19-15-12-6-7-16-14(12)17-9-18-15/h3,6-7,9-11H,1,4-5,8H2,2H3,(H2,16,17,18,19)/t10-,11-/m0/s1. The summed E-state index contributed by atoms with van der Waals surface area (Å²) in [6, 6.07) is 2.40. The molecule has 21 heavy (non-hydrogen) atoms. The molecule has 2 aromatic heterocycles. The molecule has 0 aliphatic carbocycles. The van der Waals surface area contributed by atoms with E-state index in [-0.39, 0.29) is 18.0 Å². The van der Waals surface area contributed by atoms with Gasteiger partial charge in [-0.3, -0.25) is 4.79 Å². The van der Waals surface area contributed by atoms with E-state index in [1.165, 1.54) is 6.08 Å². The van der Waals surface area contributed by atoms with Crippen molar-refractivity contribution in [3.63, 3.8) is 0 Å². The number of anilines is 1. The third-order valence-corrected chi connectivity index (χ3v) is 4.03. The van der Waals surface area contributed by atoms with Crippen molar-refractivity contribution in [1.82, 2.24) is 19.9 Å². The number of hydrogen-bond donors (Lipinski definition) is 2. The van der Waals surface area contributed by atoms with Crippen molar-refractivity contribution in [2.45, 2.75) is 31.8 Å². The van der Waals surface area contributed by atoms with Crippen LogP contribution >= 0.6 is 0 Å². The molecule has 110 valence electrons. The number of carbonyl (C=O) groups excluding carboxylic acids is 1. The molecule has 6 heteroatoms. The van der Waals surface area contributed by atoms with Gasteiger partial charge in [-0.2, -0.15) is 0 Å². The van der Waals surface area contributed by atoms with E-state index in [0.29, 0.717) is 6.54 Å². The smallest absolute Gasteiger partial charge is 0.246 e. The Hall–Kier alpha value is -2.37. The fourth-order valence-corrected chi connectivity index (χ4v) is 2.83. The first-order chi connectivity index (χ1) is 10.2. The largest absolute Gasteiger partial charge is 0.365 e. The fourth-order valence-electron chi connectivity index (χ4n) is 2.83. The van der Waals surface area contributed by atoms with Crippen LogP contribution in [0.4, 0.5) is 5.82 Å². The quantitative estimate of drug-likeness (QED) is 0.845. The number of aromatic nitrogens is 3. The number of likely N-dealkylation sites (tertiary alicyclic amines) is 1. The number of hydrogen-bond acceptors (Lipinski definition) is 4. The maximum Gasteiger partial charge on any atom is 0.246 e. The van der Waals surface area contributed by atoms with E-state index in [4.69, 9.17) is 0 Å². The molecule has 2 aromatic rings. The van der Waals surface area contributed by atoms with Crippen molar-refractivity contribution in [3.05, 3.63) is 31.2 Å². The molecule has 0 bridgehead atoms. The Kier molecular flexibility index (Phi) is 3.60. The monoisotopic (exact) mass is 285 g/mol. The highest BCUT2D eigenvalue weighted by molar-refractivity contribution is 5.88. The second kappa shape index (κ2) is 5.55. The molecule has 1 amide bonds. The van der Waals surface area contributed by atoms with E-state index < -0.39 is 0 Å². The molecule has 0 aromatic carbocycles. The lowest BCUT2D eigenvalue weighted by Crippen LogP contribution is -2.49.